The van der Waals surface area contributed by atoms with E-state index >= 15 is 0 Å². The summed E-state index contributed by atoms with van der Waals surface area (Å²) in [5.41, 5.74) is 0. The molecule has 2 nitrogen and oxygen atoms in total. The second-order valence-corrected chi connectivity index (χ2v) is 6.74. The van der Waals surface area contributed by atoms with Gasteiger partial charge in [-0.1, -0.05) is 12.5 Å². The van der Waals surface area contributed by atoms with Gasteiger partial charge in [-0.3, -0.25) is 0 Å². The summed E-state index contributed by atoms with van der Waals surface area (Å²) in [7, 11) is 0. The van der Waals surface area contributed by atoms with Crippen LogP contribution in [0.4, 0.5) is 0 Å². The molecule has 100 valence electrons. The third kappa shape index (κ3) is 2.26. The number of nitrogens with one attached hydrogen (secondary N) is 1. The molecule has 1 aromatic heterocycles. The molecule has 0 radical (unpaired) electrons. The van der Waals surface area contributed by atoms with Crippen molar-refractivity contribution in [3.05, 3.63) is 29.6 Å². The van der Waals surface area contributed by atoms with Crippen molar-refractivity contribution >= 4 is 21.4 Å². The molecular weight excluding hydrogens is 254 g/mol. The van der Waals surface area contributed by atoms with Gasteiger partial charge in [-0.25, -0.2) is 0 Å². The molecule has 3 heteroatoms. The van der Waals surface area contributed by atoms with E-state index in [9.17, 15) is 0 Å². The Hall–Kier alpha value is -1.06. The van der Waals surface area contributed by atoms with Crippen LogP contribution in [-0.2, 0) is 0 Å². The molecule has 19 heavy (non-hydrogen) atoms. The molecule has 0 saturated carbocycles. The van der Waals surface area contributed by atoms with Crippen LogP contribution in [0.25, 0.3) is 10.1 Å². The number of rotatable bonds is 2. The lowest BCUT2D eigenvalue weighted by atomic mass is 9.85. The fourth-order valence-corrected chi connectivity index (χ4v) is 4.36. The van der Waals surface area contributed by atoms with Crippen LogP contribution in [0.1, 0.15) is 32.1 Å². The number of ether oxygens (including phenoxy) is 1. The van der Waals surface area contributed by atoms with Gasteiger partial charge in [0, 0.05) is 22.2 Å². The maximum Gasteiger partial charge on any atom is 0.128 e. The summed E-state index contributed by atoms with van der Waals surface area (Å²) in [5, 5.41) is 7.14. The Bertz CT molecular complexity index is 567. The minimum absolute atomic E-state index is 0.391. The molecular formula is C16H19NOS. The number of fused-ring (bicyclic) bond motifs is 3. The minimum Gasteiger partial charge on any atom is -0.490 e. The van der Waals surface area contributed by atoms with Crippen molar-refractivity contribution in [1.82, 2.24) is 5.32 Å². The van der Waals surface area contributed by atoms with E-state index in [0.717, 1.165) is 18.6 Å². The summed E-state index contributed by atoms with van der Waals surface area (Å²) in [6.07, 6.45) is 6.74. The van der Waals surface area contributed by atoms with Gasteiger partial charge >= 0.3 is 0 Å². The van der Waals surface area contributed by atoms with Crippen LogP contribution >= 0.6 is 11.3 Å². The molecule has 0 aliphatic carbocycles. The Labute approximate surface area is 117 Å². The van der Waals surface area contributed by atoms with E-state index in [0.29, 0.717) is 18.2 Å². The minimum atomic E-state index is 0.391. The second-order valence-electron chi connectivity index (χ2n) is 5.79. The zero-order valence-corrected chi connectivity index (χ0v) is 11.8. The molecule has 2 saturated heterocycles. The highest BCUT2D eigenvalue weighted by Crippen LogP contribution is 2.33. The summed E-state index contributed by atoms with van der Waals surface area (Å²) in [6.45, 7) is 0. The Balaban J connectivity index is 1.56. The first kappa shape index (κ1) is 11.7. The van der Waals surface area contributed by atoms with Gasteiger partial charge in [-0.05, 0) is 49.3 Å². The number of hydrogen-bond donors (Lipinski definition) is 1. The predicted molar refractivity (Wildman–Crippen MR) is 80.0 cm³/mol. The van der Waals surface area contributed by atoms with Gasteiger partial charge in [0.25, 0.3) is 0 Å². The van der Waals surface area contributed by atoms with Crippen LogP contribution in [0.3, 0.4) is 0 Å². The summed E-state index contributed by atoms with van der Waals surface area (Å²) < 4.78 is 7.66. The third-order valence-electron chi connectivity index (χ3n) is 4.42. The monoisotopic (exact) mass is 273 g/mol. The molecule has 1 N–H and O–H groups in total. The molecule has 2 aromatic rings. The topological polar surface area (TPSA) is 21.3 Å². The Kier molecular flexibility index (Phi) is 2.97. The maximum atomic E-state index is 6.33. The number of thiophene rings is 1. The quantitative estimate of drug-likeness (QED) is 0.894. The van der Waals surface area contributed by atoms with Crippen molar-refractivity contribution < 1.29 is 4.74 Å². The normalized spacial score (nSPS) is 30.4. The summed E-state index contributed by atoms with van der Waals surface area (Å²) >= 11 is 1.79. The van der Waals surface area contributed by atoms with Crippen molar-refractivity contribution in [2.75, 3.05) is 0 Å². The highest BCUT2D eigenvalue weighted by Gasteiger charge is 2.32. The van der Waals surface area contributed by atoms with Gasteiger partial charge in [0.15, 0.2) is 0 Å². The van der Waals surface area contributed by atoms with Crippen LogP contribution < -0.4 is 10.1 Å². The number of piperidine rings is 2. The molecule has 0 spiro atoms. The lowest BCUT2D eigenvalue weighted by Gasteiger charge is -2.40. The lowest BCUT2D eigenvalue weighted by molar-refractivity contribution is 0.0940. The Morgan fingerprint density at radius 1 is 1.11 bits per heavy atom. The largest absolute Gasteiger partial charge is 0.490 e. The van der Waals surface area contributed by atoms with E-state index in [-0.39, 0.29) is 0 Å². The van der Waals surface area contributed by atoms with Crippen LogP contribution in [0, 0.1) is 0 Å². The van der Waals surface area contributed by atoms with E-state index in [4.69, 9.17) is 4.74 Å². The lowest BCUT2D eigenvalue weighted by Crippen LogP contribution is -2.51. The fraction of sp³-hybridized carbons (Fsp3) is 0.500. The van der Waals surface area contributed by atoms with Gasteiger partial charge in [-0.15, -0.1) is 11.3 Å². The molecule has 2 aliphatic rings. The smallest absolute Gasteiger partial charge is 0.128 e. The number of benzene rings is 1. The molecule has 3 heterocycles. The molecule has 3 atom stereocenters. The van der Waals surface area contributed by atoms with Crippen LogP contribution in [0.5, 0.6) is 5.75 Å². The summed E-state index contributed by atoms with van der Waals surface area (Å²) in [4.78, 5) is 0. The highest BCUT2D eigenvalue weighted by atomic mass is 32.1. The molecule has 0 amide bonds. The standard InChI is InChI=1S/C16H19NOS/c1-3-11-9-13(10-12(4-1)17-11)18-15-5-2-6-16-14(15)7-8-19-16/h2,5-8,11-13,17H,1,3-4,9-10H2/t11-,12+,13-. The van der Waals surface area contributed by atoms with Gasteiger partial charge in [0.1, 0.15) is 11.9 Å². The summed E-state index contributed by atoms with van der Waals surface area (Å²) in [5.74, 6) is 1.07. The zero-order chi connectivity index (χ0) is 12.7. The van der Waals surface area contributed by atoms with Crippen molar-refractivity contribution in [1.29, 1.82) is 0 Å². The van der Waals surface area contributed by atoms with Crippen molar-refractivity contribution in [3.8, 4) is 5.75 Å². The van der Waals surface area contributed by atoms with Crippen LogP contribution in [-0.4, -0.2) is 18.2 Å². The van der Waals surface area contributed by atoms with E-state index in [1.807, 2.05) is 0 Å². The van der Waals surface area contributed by atoms with E-state index in [1.54, 1.807) is 11.3 Å². The van der Waals surface area contributed by atoms with Gasteiger partial charge in [0.05, 0.1) is 0 Å². The van der Waals surface area contributed by atoms with Crippen molar-refractivity contribution in [2.45, 2.75) is 50.3 Å². The van der Waals surface area contributed by atoms with Gasteiger partial charge in [-0.2, -0.15) is 0 Å². The van der Waals surface area contributed by atoms with E-state index in [1.165, 1.54) is 29.3 Å². The average molecular weight is 273 g/mol. The zero-order valence-electron chi connectivity index (χ0n) is 11.0. The van der Waals surface area contributed by atoms with E-state index < -0.39 is 0 Å². The molecule has 2 fully saturated rings. The maximum absolute atomic E-state index is 6.33. The van der Waals surface area contributed by atoms with E-state index in [2.05, 4.69) is 35.0 Å². The molecule has 4 rings (SSSR count). The van der Waals surface area contributed by atoms with Crippen LogP contribution in [0.15, 0.2) is 29.6 Å². The SMILES string of the molecule is c1cc(O[C@@H]2C[C@H]3CCC[C@@H](C2)N3)c2ccsc2c1. The van der Waals surface area contributed by atoms with Gasteiger partial charge < -0.3 is 10.1 Å². The summed E-state index contributed by atoms with van der Waals surface area (Å²) in [6, 6.07) is 9.93. The second kappa shape index (κ2) is 4.80. The molecule has 0 unspecified atom stereocenters. The Morgan fingerprint density at radius 3 is 2.79 bits per heavy atom. The highest BCUT2D eigenvalue weighted by molar-refractivity contribution is 7.17. The molecule has 2 bridgehead atoms. The van der Waals surface area contributed by atoms with Crippen LogP contribution in [0.2, 0.25) is 0 Å². The van der Waals surface area contributed by atoms with Gasteiger partial charge in [0.2, 0.25) is 0 Å². The molecule has 1 aromatic carbocycles. The van der Waals surface area contributed by atoms with Crippen molar-refractivity contribution in [3.63, 3.8) is 0 Å². The third-order valence-corrected chi connectivity index (χ3v) is 5.30. The Morgan fingerprint density at radius 2 is 1.95 bits per heavy atom. The first-order chi connectivity index (χ1) is 9.38. The van der Waals surface area contributed by atoms with Crippen molar-refractivity contribution in [2.24, 2.45) is 0 Å². The number of hydrogen-bond acceptors (Lipinski definition) is 3. The predicted octanol–water partition coefficient (Wildman–Crippen LogP) is 3.95. The first-order valence-corrected chi connectivity index (χ1v) is 8.15. The first-order valence-electron chi connectivity index (χ1n) is 7.27. The fourth-order valence-electron chi connectivity index (χ4n) is 3.56. The molecule has 2 aliphatic heterocycles. The average Bonchev–Trinajstić information content (AvgIpc) is 2.88.